The SMILES string of the molecule is Cc1nc(S(=O)(=O)C2CC2)ccc1Oc1ncnc(OC2CC3CCC(C2)N3C(=O)OC2(C)CC2)c1C. The van der Waals surface area contributed by atoms with E-state index in [1.54, 1.807) is 13.0 Å². The molecule has 11 heteroatoms. The van der Waals surface area contributed by atoms with Crippen LogP contribution in [0.15, 0.2) is 23.5 Å². The molecule has 37 heavy (non-hydrogen) atoms. The number of rotatable bonds is 7. The van der Waals surface area contributed by atoms with Crippen molar-refractivity contribution in [1.29, 1.82) is 0 Å². The lowest BCUT2D eigenvalue weighted by Gasteiger charge is -2.38. The molecule has 2 saturated heterocycles. The van der Waals surface area contributed by atoms with Crippen LogP contribution < -0.4 is 9.47 Å². The molecule has 0 radical (unpaired) electrons. The molecule has 2 bridgehead atoms. The highest BCUT2D eigenvalue weighted by molar-refractivity contribution is 7.92. The molecule has 2 aliphatic carbocycles. The molecule has 6 rings (SSSR count). The smallest absolute Gasteiger partial charge is 0.410 e. The van der Waals surface area contributed by atoms with Gasteiger partial charge in [0.2, 0.25) is 11.8 Å². The number of carbonyl (C=O) groups excluding carboxylic acids is 1. The van der Waals surface area contributed by atoms with Gasteiger partial charge in [0, 0.05) is 24.9 Å². The Labute approximate surface area is 216 Å². The van der Waals surface area contributed by atoms with Crippen LogP contribution >= 0.6 is 0 Å². The number of fused-ring (bicyclic) bond motifs is 2. The van der Waals surface area contributed by atoms with Gasteiger partial charge in [-0.15, -0.1) is 0 Å². The van der Waals surface area contributed by atoms with Gasteiger partial charge in [-0.2, -0.15) is 0 Å². The van der Waals surface area contributed by atoms with E-state index in [9.17, 15) is 13.2 Å². The van der Waals surface area contributed by atoms with Crippen molar-refractivity contribution >= 4 is 15.9 Å². The van der Waals surface area contributed by atoms with Crippen LogP contribution in [-0.4, -0.2) is 63.4 Å². The maximum atomic E-state index is 12.8. The summed E-state index contributed by atoms with van der Waals surface area (Å²) in [4.78, 5) is 27.6. The molecule has 2 aromatic rings. The lowest BCUT2D eigenvalue weighted by Crippen LogP contribution is -2.50. The summed E-state index contributed by atoms with van der Waals surface area (Å²) in [7, 11) is -3.37. The summed E-state index contributed by atoms with van der Waals surface area (Å²) in [6, 6.07) is 3.32. The van der Waals surface area contributed by atoms with Gasteiger partial charge in [-0.3, -0.25) is 0 Å². The van der Waals surface area contributed by atoms with Crippen LogP contribution in [0.25, 0.3) is 0 Å². The number of aromatic nitrogens is 3. The molecule has 4 heterocycles. The van der Waals surface area contributed by atoms with E-state index in [-0.39, 0.29) is 40.2 Å². The van der Waals surface area contributed by atoms with Crippen molar-refractivity contribution in [3.63, 3.8) is 0 Å². The fourth-order valence-electron chi connectivity index (χ4n) is 5.31. The molecule has 2 aromatic heterocycles. The van der Waals surface area contributed by atoms with E-state index >= 15 is 0 Å². The minimum Gasteiger partial charge on any atom is -0.474 e. The molecule has 198 valence electrons. The van der Waals surface area contributed by atoms with Gasteiger partial charge in [0.1, 0.15) is 18.0 Å². The van der Waals surface area contributed by atoms with Gasteiger partial charge in [-0.1, -0.05) is 0 Å². The summed E-state index contributed by atoms with van der Waals surface area (Å²) >= 11 is 0. The van der Waals surface area contributed by atoms with Crippen LogP contribution in [-0.2, 0) is 14.6 Å². The van der Waals surface area contributed by atoms with Crippen molar-refractivity contribution in [3.05, 3.63) is 29.7 Å². The van der Waals surface area contributed by atoms with Crippen LogP contribution in [0.5, 0.6) is 17.5 Å². The van der Waals surface area contributed by atoms with Crippen molar-refractivity contribution in [3.8, 4) is 17.5 Å². The minimum atomic E-state index is -3.37. The number of hydrogen-bond donors (Lipinski definition) is 0. The summed E-state index contributed by atoms with van der Waals surface area (Å²) in [5.41, 5.74) is 0.836. The zero-order valence-corrected chi connectivity index (χ0v) is 22.2. The molecular formula is C26H32N4O6S. The first-order valence-electron chi connectivity index (χ1n) is 13.0. The molecule has 4 aliphatic rings. The summed E-state index contributed by atoms with van der Waals surface area (Å²) in [5.74, 6) is 1.19. The Bertz CT molecular complexity index is 1330. The van der Waals surface area contributed by atoms with Crippen molar-refractivity contribution in [2.45, 2.75) is 106 Å². The molecule has 4 fully saturated rings. The first kappa shape index (κ1) is 24.4. The van der Waals surface area contributed by atoms with Gasteiger partial charge in [0.15, 0.2) is 20.6 Å². The summed E-state index contributed by atoms with van der Waals surface area (Å²) in [6.07, 6.45) is 7.72. The Morgan fingerprint density at radius 2 is 1.70 bits per heavy atom. The molecule has 2 unspecified atom stereocenters. The van der Waals surface area contributed by atoms with E-state index in [0.29, 0.717) is 41.6 Å². The maximum absolute atomic E-state index is 12.8. The van der Waals surface area contributed by atoms with E-state index in [0.717, 1.165) is 38.5 Å². The van der Waals surface area contributed by atoms with Crippen molar-refractivity contribution in [2.75, 3.05) is 0 Å². The summed E-state index contributed by atoms with van der Waals surface area (Å²) in [5, 5.41) is -0.233. The molecule has 2 saturated carbocycles. The van der Waals surface area contributed by atoms with E-state index in [1.165, 1.54) is 12.4 Å². The van der Waals surface area contributed by atoms with Gasteiger partial charge in [-0.25, -0.2) is 28.2 Å². The predicted octanol–water partition coefficient (Wildman–Crippen LogP) is 4.28. The number of amides is 1. The second kappa shape index (κ2) is 8.82. The molecule has 0 spiro atoms. The lowest BCUT2D eigenvalue weighted by molar-refractivity contribution is 0.0114. The highest BCUT2D eigenvalue weighted by atomic mass is 32.2. The van der Waals surface area contributed by atoms with E-state index < -0.39 is 9.84 Å². The van der Waals surface area contributed by atoms with Crippen LogP contribution in [0.2, 0.25) is 0 Å². The Hall–Kier alpha value is -2.95. The number of nitrogens with zero attached hydrogens (tertiary/aromatic N) is 4. The standard InChI is InChI=1S/C26H32N4O6S/c1-15-23(34-19-12-17-4-5-18(13-19)30(17)25(31)36-26(3)10-11-26)27-14-28-24(15)35-21-8-9-22(29-16(21)2)37(32,33)20-6-7-20/h8-9,14,17-20H,4-7,10-13H2,1-3H3. The van der Waals surface area contributed by atoms with Crippen LogP contribution in [0.4, 0.5) is 4.79 Å². The Kier molecular flexibility index (Phi) is 5.81. The number of piperidine rings is 1. The number of ether oxygens (including phenoxy) is 3. The molecule has 0 N–H and O–H groups in total. The first-order chi connectivity index (χ1) is 17.6. The van der Waals surface area contributed by atoms with Crippen LogP contribution in [0.1, 0.15) is 69.5 Å². The second-order valence-corrected chi connectivity index (χ2v) is 13.2. The third-order valence-electron chi connectivity index (χ3n) is 7.93. The first-order valence-corrected chi connectivity index (χ1v) is 14.6. The third-order valence-corrected chi connectivity index (χ3v) is 10.1. The molecule has 2 aliphatic heterocycles. The highest BCUT2D eigenvalue weighted by Crippen LogP contribution is 2.43. The van der Waals surface area contributed by atoms with E-state index in [1.807, 2.05) is 18.7 Å². The van der Waals surface area contributed by atoms with E-state index in [4.69, 9.17) is 14.2 Å². The number of aryl methyl sites for hydroxylation is 1. The normalized spacial score (nSPS) is 26.0. The van der Waals surface area contributed by atoms with Crippen molar-refractivity contribution in [1.82, 2.24) is 19.9 Å². The van der Waals surface area contributed by atoms with Crippen molar-refractivity contribution in [2.24, 2.45) is 0 Å². The number of pyridine rings is 1. The molecule has 1 amide bonds. The van der Waals surface area contributed by atoms with Gasteiger partial charge in [0.05, 0.1) is 16.5 Å². The molecule has 2 atom stereocenters. The minimum absolute atomic E-state index is 0.0742. The third kappa shape index (κ3) is 4.73. The fraction of sp³-hybridized carbons (Fsp3) is 0.615. The molecule has 0 aromatic carbocycles. The zero-order chi connectivity index (χ0) is 25.9. The van der Waals surface area contributed by atoms with Crippen LogP contribution in [0.3, 0.4) is 0 Å². The number of carbonyl (C=O) groups is 1. The average Bonchev–Trinajstić information content (AvgIpc) is 3.78. The Morgan fingerprint density at radius 3 is 2.32 bits per heavy atom. The average molecular weight is 529 g/mol. The predicted molar refractivity (Wildman–Crippen MR) is 132 cm³/mol. The van der Waals surface area contributed by atoms with Gasteiger partial charge < -0.3 is 19.1 Å². The van der Waals surface area contributed by atoms with Crippen molar-refractivity contribution < 1.29 is 27.4 Å². The number of hydrogen-bond acceptors (Lipinski definition) is 9. The number of sulfone groups is 1. The van der Waals surface area contributed by atoms with Gasteiger partial charge >= 0.3 is 6.09 Å². The Balaban J connectivity index is 1.13. The van der Waals surface area contributed by atoms with E-state index in [2.05, 4.69) is 15.0 Å². The van der Waals surface area contributed by atoms with Gasteiger partial charge in [0.25, 0.3) is 0 Å². The monoisotopic (exact) mass is 528 g/mol. The lowest BCUT2D eigenvalue weighted by atomic mass is 10.0. The summed E-state index contributed by atoms with van der Waals surface area (Å²) in [6.45, 7) is 5.53. The highest BCUT2D eigenvalue weighted by Gasteiger charge is 2.49. The quantitative estimate of drug-likeness (QED) is 0.518. The van der Waals surface area contributed by atoms with Crippen LogP contribution in [0, 0.1) is 13.8 Å². The topological polar surface area (TPSA) is 121 Å². The largest absolute Gasteiger partial charge is 0.474 e. The fourth-order valence-corrected chi connectivity index (χ4v) is 6.93. The summed E-state index contributed by atoms with van der Waals surface area (Å²) < 4.78 is 43.1. The molecule has 10 nitrogen and oxygen atoms in total. The molecular weight excluding hydrogens is 496 g/mol. The Morgan fingerprint density at radius 1 is 1.03 bits per heavy atom. The van der Waals surface area contributed by atoms with Gasteiger partial charge in [-0.05, 0) is 71.4 Å². The zero-order valence-electron chi connectivity index (χ0n) is 21.3. The second-order valence-electron chi connectivity index (χ2n) is 11.0. The maximum Gasteiger partial charge on any atom is 0.410 e.